The average molecular weight is 368 g/mol. The van der Waals surface area contributed by atoms with Gasteiger partial charge in [0.15, 0.2) is 0 Å². The third kappa shape index (κ3) is 2.86. The van der Waals surface area contributed by atoms with E-state index in [1.165, 1.54) is 18.2 Å². The molecule has 138 valence electrons. The second-order valence-corrected chi connectivity index (χ2v) is 6.58. The van der Waals surface area contributed by atoms with Crippen LogP contribution in [0.15, 0.2) is 40.9 Å². The van der Waals surface area contributed by atoms with E-state index in [4.69, 9.17) is 4.52 Å². The van der Waals surface area contributed by atoms with Crippen molar-refractivity contribution in [2.45, 2.75) is 19.8 Å². The average Bonchev–Trinajstić information content (AvgIpc) is 3.17. The summed E-state index contributed by atoms with van der Waals surface area (Å²) < 4.78 is 5.02. The monoisotopic (exact) mass is 368 g/mol. The van der Waals surface area contributed by atoms with Crippen molar-refractivity contribution in [3.63, 3.8) is 0 Å². The molecule has 2 amide bonds. The third-order valence-corrected chi connectivity index (χ3v) is 4.83. The molecule has 1 aliphatic carbocycles. The molecule has 2 aliphatic rings. The Morgan fingerprint density at radius 1 is 1.19 bits per heavy atom. The summed E-state index contributed by atoms with van der Waals surface area (Å²) in [5.74, 6) is -1.15. The first-order valence-corrected chi connectivity index (χ1v) is 8.47. The van der Waals surface area contributed by atoms with E-state index in [1.54, 1.807) is 13.0 Å². The summed E-state index contributed by atoms with van der Waals surface area (Å²) >= 11 is 0. The Morgan fingerprint density at radius 2 is 1.85 bits per heavy atom. The quantitative estimate of drug-likeness (QED) is 0.381. The van der Waals surface area contributed by atoms with Gasteiger partial charge in [-0.05, 0) is 31.9 Å². The molecule has 2 heterocycles. The van der Waals surface area contributed by atoms with Gasteiger partial charge in [0.2, 0.25) is 17.7 Å². The molecular weight excluding hydrogens is 352 g/mol. The van der Waals surface area contributed by atoms with E-state index in [1.807, 2.05) is 12.2 Å². The highest BCUT2D eigenvalue weighted by Crippen LogP contribution is 2.40. The number of aryl methyl sites for hydroxylation is 1. The van der Waals surface area contributed by atoms with Crippen molar-refractivity contribution in [2.75, 3.05) is 10.2 Å². The van der Waals surface area contributed by atoms with E-state index >= 15 is 0 Å². The summed E-state index contributed by atoms with van der Waals surface area (Å²) in [4.78, 5) is 37.4. The summed E-state index contributed by atoms with van der Waals surface area (Å²) in [6, 6.07) is 5.79. The molecule has 1 saturated heterocycles. The fourth-order valence-electron chi connectivity index (χ4n) is 3.53. The molecule has 0 radical (unpaired) electrons. The minimum Gasteiger partial charge on any atom is -0.338 e. The zero-order chi connectivity index (χ0) is 19.1. The number of nitrogens with zero attached hydrogens (tertiary/aromatic N) is 3. The molecule has 1 N–H and O–H groups in total. The lowest BCUT2D eigenvalue weighted by atomic mass is 9.85. The van der Waals surface area contributed by atoms with Crippen molar-refractivity contribution < 1.29 is 19.0 Å². The molecule has 9 nitrogen and oxygen atoms in total. The van der Waals surface area contributed by atoms with Gasteiger partial charge in [0, 0.05) is 12.1 Å². The SMILES string of the molecule is Cc1cc(Nc2ccc(N3C(=O)[C@H]4CC=CC[C@H]4C3=O)cc2[N+](=O)[O-])on1. The normalized spacial score (nSPS) is 21.4. The maximum atomic E-state index is 12.7. The van der Waals surface area contributed by atoms with E-state index < -0.39 is 16.8 Å². The van der Waals surface area contributed by atoms with Crippen LogP contribution in [0.25, 0.3) is 0 Å². The zero-order valence-corrected chi connectivity index (χ0v) is 14.4. The lowest BCUT2D eigenvalue weighted by Gasteiger charge is -2.15. The number of fused-ring (bicyclic) bond motifs is 1. The predicted molar refractivity (Wildman–Crippen MR) is 95.5 cm³/mol. The van der Waals surface area contributed by atoms with Crippen LogP contribution in [0.3, 0.4) is 0 Å². The summed E-state index contributed by atoms with van der Waals surface area (Å²) in [5, 5.41) is 18.0. The smallest absolute Gasteiger partial charge is 0.294 e. The second kappa shape index (κ2) is 6.35. The number of nitro benzene ring substituents is 1. The molecule has 0 saturated carbocycles. The third-order valence-electron chi connectivity index (χ3n) is 4.83. The number of hydrogen-bond donors (Lipinski definition) is 1. The highest BCUT2D eigenvalue weighted by molar-refractivity contribution is 6.22. The van der Waals surface area contributed by atoms with E-state index in [9.17, 15) is 19.7 Å². The van der Waals surface area contributed by atoms with Crippen molar-refractivity contribution in [1.82, 2.24) is 5.16 Å². The molecule has 0 spiro atoms. The first-order valence-electron chi connectivity index (χ1n) is 8.47. The molecular formula is C18H16N4O5. The Balaban J connectivity index is 1.68. The fraction of sp³-hybridized carbons (Fsp3) is 0.278. The van der Waals surface area contributed by atoms with E-state index in [-0.39, 0.29) is 34.8 Å². The maximum absolute atomic E-state index is 12.7. The van der Waals surface area contributed by atoms with Gasteiger partial charge in [-0.25, -0.2) is 4.90 Å². The molecule has 0 bridgehead atoms. The molecule has 1 aliphatic heterocycles. The number of hydrogen-bond acceptors (Lipinski definition) is 7. The minimum absolute atomic E-state index is 0.179. The molecule has 1 fully saturated rings. The molecule has 0 unspecified atom stereocenters. The summed E-state index contributed by atoms with van der Waals surface area (Å²) in [6.45, 7) is 1.73. The van der Waals surface area contributed by atoms with Crippen LogP contribution in [0, 0.1) is 28.9 Å². The van der Waals surface area contributed by atoms with Gasteiger partial charge in [-0.1, -0.05) is 17.3 Å². The zero-order valence-electron chi connectivity index (χ0n) is 14.4. The highest BCUT2D eigenvalue weighted by atomic mass is 16.6. The molecule has 2 atom stereocenters. The summed E-state index contributed by atoms with van der Waals surface area (Å²) in [5.41, 5.74) is 0.736. The van der Waals surface area contributed by atoms with Gasteiger partial charge in [0.1, 0.15) is 5.69 Å². The first-order chi connectivity index (χ1) is 13.0. The number of allylic oxidation sites excluding steroid dienone is 2. The van der Waals surface area contributed by atoms with Crippen molar-refractivity contribution >= 4 is 34.8 Å². The van der Waals surface area contributed by atoms with Gasteiger partial charge in [-0.15, -0.1) is 0 Å². The Labute approximate surface area is 153 Å². The number of rotatable bonds is 4. The van der Waals surface area contributed by atoms with Gasteiger partial charge in [-0.3, -0.25) is 19.7 Å². The van der Waals surface area contributed by atoms with Crippen molar-refractivity contribution in [2.24, 2.45) is 11.8 Å². The largest absolute Gasteiger partial charge is 0.338 e. The number of carbonyl (C=O) groups excluding carboxylic acids is 2. The van der Waals surface area contributed by atoms with Crippen molar-refractivity contribution in [3.05, 3.63) is 52.2 Å². The van der Waals surface area contributed by atoms with E-state index in [2.05, 4.69) is 10.5 Å². The number of imide groups is 1. The topological polar surface area (TPSA) is 119 Å². The number of amides is 2. The van der Waals surface area contributed by atoms with Crippen LogP contribution in [-0.4, -0.2) is 21.9 Å². The first kappa shape index (κ1) is 17.0. The number of benzene rings is 1. The van der Waals surface area contributed by atoms with Crippen LogP contribution >= 0.6 is 0 Å². The van der Waals surface area contributed by atoms with Crippen molar-refractivity contribution in [1.29, 1.82) is 0 Å². The van der Waals surface area contributed by atoms with Crippen LogP contribution < -0.4 is 10.2 Å². The van der Waals surface area contributed by atoms with Gasteiger partial charge in [-0.2, -0.15) is 0 Å². The van der Waals surface area contributed by atoms with Crippen molar-refractivity contribution in [3.8, 4) is 0 Å². The summed E-state index contributed by atoms with van der Waals surface area (Å²) in [6.07, 6.45) is 4.81. The van der Waals surface area contributed by atoms with Crippen LogP contribution in [0.1, 0.15) is 18.5 Å². The Bertz CT molecular complexity index is 954. The van der Waals surface area contributed by atoms with Crippen LogP contribution in [0.5, 0.6) is 0 Å². The lowest BCUT2D eigenvalue weighted by molar-refractivity contribution is -0.383. The van der Waals surface area contributed by atoms with Gasteiger partial charge < -0.3 is 9.84 Å². The molecule has 9 heteroatoms. The number of aromatic nitrogens is 1. The molecule has 1 aromatic heterocycles. The number of nitrogens with one attached hydrogen (secondary N) is 1. The predicted octanol–water partition coefficient (Wildman–Crippen LogP) is 3.09. The molecule has 4 rings (SSSR count). The van der Waals surface area contributed by atoms with Crippen LogP contribution in [0.2, 0.25) is 0 Å². The fourth-order valence-corrected chi connectivity index (χ4v) is 3.53. The molecule has 27 heavy (non-hydrogen) atoms. The minimum atomic E-state index is -0.575. The summed E-state index contributed by atoms with van der Waals surface area (Å²) in [7, 11) is 0. The van der Waals surface area contributed by atoms with Crippen LogP contribution in [-0.2, 0) is 9.59 Å². The second-order valence-electron chi connectivity index (χ2n) is 6.58. The lowest BCUT2D eigenvalue weighted by Crippen LogP contribution is -2.30. The standard InChI is InChI=1S/C18H16N4O5/c1-10-8-16(27-20-10)19-14-7-6-11(9-15(14)22(25)26)21-17(23)12-4-2-3-5-13(12)18(21)24/h2-3,6-9,12-13,19H,4-5H2,1H3/t12-,13+. The number of nitro groups is 1. The molecule has 1 aromatic carbocycles. The van der Waals surface area contributed by atoms with E-state index in [0.717, 1.165) is 4.90 Å². The van der Waals surface area contributed by atoms with Gasteiger partial charge in [0.05, 0.1) is 28.1 Å². The molecule has 2 aromatic rings. The maximum Gasteiger partial charge on any atom is 0.294 e. The Kier molecular flexibility index (Phi) is 3.98. The van der Waals surface area contributed by atoms with E-state index in [0.29, 0.717) is 18.5 Å². The van der Waals surface area contributed by atoms with Gasteiger partial charge >= 0.3 is 0 Å². The highest BCUT2D eigenvalue weighted by Gasteiger charge is 2.48. The van der Waals surface area contributed by atoms with Gasteiger partial charge in [0.25, 0.3) is 5.69 Å². The number of anilines is 3. The number of carbonyl (C=O) groups is 2. The Hall–Kier alpha value is -3.49. The van der Waals surface area contributed by atoms with Crippen LogP contribution in [0.4, 0.5) is 22.9 Å². The Morgan fingerprint density at radius 3 is 2.41 bits per heavy atom.